The number of rotatable bonds is 1. The van der Waals surface area contributed by atoms with Crippen LogP contribution in [0.15, 0.2) is 16.8 Å². The van der Waals surface area contributed by atoms with Crippen LogP contribution in [0.1, 0.15) is 17.9 Å². The predicted octanol–water partition coefficient (Wildman–Crippen LogP) is 1.84. The fourth-order valence-electron chi connectivity index (χ4n) is 1.36. The second kappa shape index (κ2) is 2.72. The molecule has 0 aliphatic carbocycles. The lowest BCUT2D eigenvalue weighted by molar-refractivity contribution is 0.762. The first-order chi connectivity index (χ1) is 4.97. The highest BCUT2D eigenvalue weighted by atomic mass is 32.1. The molecule has 1 unspecified atom stereocenters. The van der Waals surface area contributed by atoms with E-state index in [0.717, 1.165) is 19.0 Å². The Balaban J connectivity index is 2.12. The fourth-order valence-corrected chi connectivity index (χ4v) is 2.11. The SMILES string of the molecule is c1cc(C2CC[N]C2)cs1. The van der Waals surface area contributed by atoms with Gasteiger partial charge in [-0.25, -0.2) is 5.32 Å². The van der Waals surface area contributed by atoms with E-state index in [1.165, 1.54) is 12.0 Å². The zero-order valence-electron chi connectivity index (χ0n) is 5.79. The zero-order chi connectivity index (χ0) is 6.81. The van der Waals surface area contributed by atoms with Crippen molar-refractivity contribution in [3.63, 3.8) is 0 Å². The first-order valence-corrected chi connectivity index (χ1v) is 4.56. The molecule has 0 saturated carbocycles. The van der Waals surface area contributed by atoms with Crippen molar-refractivity contribution >= 4 is 11.3 Å². The van der Waals surface area contributed by atoms with Crippen molar-refractivity contribution in [3.05, 3.63) is 22.4 Å². The Hall–Kier alpha value is -0.340. The van der Waals surface area contributed by atoms with Crippen molar-refractivity contribution in [2.75, 3.05) is 13.1 Å². The Bertz CT molecular complexity index is 187. The van der Waals surface area contributed by atoms with Crippen molar-refractivity contribution < 1.29 is 0 Å². The molecule has 1 aromatic rings. The maximum Gasteiger partial charge on any atom is 0.0203 e. The molecule has 2 heterocycles. The van der Waals surface area contributed by atoms with E-state index < -0.39 is 0 Å². The molecule has 53 valence electrons. The zero-order valence-corrected chi connectivity index (χ0v) is 6.60. The Morgan fingerprint density at radius 2 is 2.60 bits per heavy atom. The average molecular weight is 152 g/mol. The van der Waals surface area contributed by atoms with E-state index in [2.05, 4.69) is 22.1 Å². The minimum atomic E-state index is 0.742. The maximum atomic E-state index is 4.33. The highest BCUT2D eigenvalue weighted by Crippen LogP contribution is 2.24. The molecule has 1 fully saturated rings. The Morgan fingerprint density at radius 3 is 3.20 bits per heavy atom. The first kappa shape index (κ1) is 6.38. The van der Waals surface area contributed by atoms with Gasteiger partial charge in [0.15, 0.2) is 0 Å². The summed E-state index contributed by atoms with van der Waals surface area (Å²) in [5.41, 5.74) is 1.49. The van der Waals surface area contributed by atoms with Crippen LogP contribution in [-0.2, 0) is 0 Å². The summed E-state index contributed by atoms with van der Waals surface area (Å²) >= 11 is 1.78. The molecule has 1 atom stereocenters. The van der Waals surface area contributed by atoms with E-state index in [9.17, 15) is 0 Å². The molecule has 10 heavy (non-hydrogen) atoms. The number of thiophene rings is 1. The van der Waals surface area contributed by atoms with Crippen molar-refractivity contribution in [2.45, 2.75) is 12.3 Å². The molecule has 0 bridgehead atoms. The van der Waals surface area contributed by atoms with Gasteiger partial charge < -0.3 is 0 Å². The second-order valence-electron chi connectivity index (χ2n) is 2.67. The van der Waals surface area contributed by atoms with E-state index in [0.29, 0.717) is 0 Å². The van der Waals surface area contributed by atoms with Gasteiger partial charge in [0.05, 0.1) is 0 Å². The Labute approximate surface area is 65.1 Å². The van der Waals surface area contributed by atoms with E-state index in [1.807, 2.05) is 0 Å². The lowest BCUT2D eigenvalue weighted by Crippen LogP contribution is -1.99. The van der Waals surface area contributed by atoms with Gasteiger partial charge in [0.2, 0.25) is 0 Å². The summed E-state index contributed by atoms with van der Waals surface area (Å²) in [6.07, 6.45) is 1.26. The van der Waals surface area contributed by atoms with Crippen LogP contribution in [0, 0.1) is 0 Å². The van der Waals surface area contributed by atoms with Gasteiger partial charge in [-0.1, -0.05) is 0 Å². The molecule has 2 heteroatoms. The summed E-state index contributed by atoms with van der Waals surface area (Å²) in [5, 5.41) is 8.71. The van der Waals surface area contributed by atoms with Gasteiger partial charge in [-0.2, -0.15) is 11.3 Å². The summed E-state index contributed by atoms with van der Waals surface area (Å²) in [6.45, 7) is 2.12. The van der Waals surface area contributed by atoms with E-state index in [4.69, 9.17) is 0 Å². The minimum Gasteiger partial charge on any atom is -0.241 e. The van der Waals surface area contributed by atoms with Crippen molar-refractivity contribution in [2.24, 2.45) is 0 Å². The van der Waals surface area contributed by atoms with Gasteiger partial charge in [0.1, 0.15) is 0 Å². The van der Waals surface area contributed by atoms with Crippen LogP contribution in [0.5, 0.6) is 0 Å². The van der Waals surface area contributed by atoms with Crippen molar-refractivity contribution in [1.82, 2.24) is 5.32 Å². The highest BCUT2D eigenvalue weighted by Gasteiger charge is 2.16. The van der Waals surface area contributed by atoms with E-state index >= 15 is 0 Å². The van der Waals surface area contributed by atoms with Crippen LogP contribution < -0.4 is 5.32 Å². The lowest BCUT2D eigenvalue weighted by atomic mass is 10.0. The van der Waals surface area contributed by atoms with Crippen LogP contribution in [-0.4, -0.2) is 13.1 Å². The summed E-state index contributed by atoms with van der Waals surface area (Å²) in [4.78, 5) is 0. The molecule has 0 spiro atoms. The smallest absolute Gasteiger partial charge is 0.0203 e. The molecule has 1 nitrogen and oxygen atoms in total. The van der Waals surface area contributed by atoms with Crippen molar-refractivity contribution in [1.29, 1.82) is 0 Å². The molecular formula is C8H10NS. The first-order valence-electron chi connectivity index (χ1n) is 3.62. The average Bonchev–Trinajstić information content (AvgIpc) is 2.59. The maximum absolute atomic E-state index is 4.33. The topological polar surface area (TPSA) is 14.1 Å². The van der Waals surface area contributed by atoms with Gasteiger partial charge in [0.25, 0.3) is 0 Å². The summed E-state index contributed by atoms with van der Waals surface area (Å²) in [5.74, 6) is 0.742. The van der Waals surface area contributed by atoms with Gasteiger partial charge >= 0.3 is 0 Å². The Kier molecular flexibility index (Phi) is 1.74. The quantitative estimate of drug-likeness (QED) is 0.583. The number of hydrogen-bond donors (Lipinski definition) is 0. The van der Waals surface area contributed by atoms with Gasteiger partial charge in [0, 0.05) is 19.0 Å². The predicted molar refractivity (Wildman–Crippen MR) is 43.5 cm³/mol. The molecular weight excluding hydrogens is 142 g/mol. The number of nitrogens with zero attached hydrogens (tertiary/aromatic N) is 1. The monoisotopic (exact) mass is 152 g/mol. The molecule has 1 radical (unpaired) electrons. The van der Waals surface area contributed by atoms with Crippen LogP contribution >= 0.6 is 11.3 Å². The molecule has 1 aliphatic rings. The second-order valence-corrected chi connectivity index (χ2v) is 3.45. The highest BCUT2D eigenvalue weighted by molar-refractivity contribution is 7.07. The fraction of sp³-hybridized carbons (Fsp3) is 0.500. The standard InChI is InChI=1S/C8H10NS/c1-3-9-5-7(1)8-2-4-10-6-8/h2,4,6-7H,1,3,5H2. The van der Waals surface area contributed by atoms with Crippen LogP contribution in [0.3, 0.4) is 0 Å². The summed E-state index contributed by atoms with van der Waals surface area (Å²) in [7, 11) is 0. The van der Waals surface area contributed by atoms with E-state index in [1.54, 1.807) is 11.3 Å². The van der Waals surface area contributed by atoms with Crippen molar-refractivity contribution in [3.8, 4) is 0 Å². The third-order valence-corrected chi connectivity index (χ3v) is 2.70. The molecule has 2 rings (SSSR count). The molecule has 1 saturated heterocycles. The molecule has 1 aromatic heterocycles. The molecule has 0 N–H and O–H groups in total. The normalized spacial score (nSPS) is 25.4. The van der Waals surface area contributed by atoms with Crippen LogP contribution in [0.4, 0.5) is 0 Å². The molecule has 1 aliphatic heterocycles. The lowest BCUT2D eigenvalue weighted by Gasteiger charge is -2.02. The van der Waals surface area contributed by atoms with Crippen LogP contribution in [0.25, 0.3) is 0 Å². The van der Waals surface area contributed by atoms with Gasteiger partial charge in [-0.3, -0.25) is 0 Å². The van der Waals surface area contributed by atoms with Crippen LogP contribution in [0.2, 0.25) is 0 Å². The minimum absolute atomic E-state index is 0.742. The largest absolute Gasteiger partial charge is 0.241 e. The summed E-state index contributed by atoms with van der Waals surface area (Å²) in [6, 6.07) is 2.22. The summed E-state index contributed by atoms with van der Waals surface area (Å²) < 4.78 is 0. The number of hydrogen-bond acceptors (Lipinski definition) is 1. The third kappa shape index (κ3) is 1.09. The molecule has 0 amide bonds. The Morgan fingerprint density at radius 1 is 1.60 bits per heavy atom. The van der Waals surface area contributed by atoms with Gasteiger partial charge in [-0.05, 0) is 28.8 Å². The third-order valence-electron chi connectivity index (χ3n) is 2.00. The van der Waals surface area contributed by atoms with E-state index in [-0.39, 0.29) is 0 Å². The molecule has 0 aromatic carbocycles. The van der Waals surface area contributed by atoms with Gasteiger partial charge in [-0.15, -0.1) is 0 Å².